The lowest BCUT2D eigenvalue weighted by Crippen LogP contribution is -2.53. The van der Waals surface area contributed by atoms with Crippen LogP contribution in [0.1, 0.15) is 18.4 Å². The second-order valence-electron chi connectivity index (χ2n) is 6.48. The number of hydrogen-bond donors (Lipinski definition) is 2. The largest absolute Gasteiger partial charge is 0.445 e. The number of benzene rings is 1. The van der Waals surface area contributed by atoms with Crippen LogP contribution in [0.2, 0.25) is 0 Å². The quantitative estimate of drug-likeness (QED) is 0.789. The van der Waals surface area contributed by atoms with E-state index in [0.29, 0.717) is 12.6 Å². The number of ether oxygens (including phenoxy) is 1. The van der Waals surface area contributed by atoms with E-state index in [4.69, 9.17) is 4.74 Å². The molecular weight excluding hydrogens is 322 g/mol. The van der Waals surface area contributed by atoms with E-state index in [-0.39, 0.29) is 12.1 Å². The fraction of sp³-hybridized carbons (Fsp3) is 0.611. The highest BCUT2D eigenvalue weighted by atomic mass is 32.2. The smallest absolute Gasteiger partial charge is 0.407 e. The van der Waals surface area contributed by atoms with Gasteiger partial charge in [-0.25, -0.2) is 4.79 Å². The topological polar surface area (TPSA) is 53.6 Å². The van der Waals surface area contributed by atoms with Crippen LogP contribution in [0, 0.1) is 0 Å². The number of thioether (sulfide) groups is 1. The van der Waals surface area contributed by atoms with Gasteiger partial charge in [-0.1, -0.05) is 30.3 Å². The molecule has 0 spiro atoms. The number of rotatable bonds is 7. The zero-order valence-corrected chi connectivity index (χ0v) is 14.9. The number of hydrogen-bond acceptors (Lipinski definition) is 5. The van der Waals surface area contributed by atoms with E-state index < -0.39 is 0 Å². The Hall–Kier alpha value is -1.24. The molecular formula is C18H27N3O2S. The molecule has 1 saturated heterocycles. The second-order valence-corrected chi connectivity index (χ2v) is 7.70. The van der Waals surface area contributed by atoms with Crippen LogP contribution in [0.4, 0.5) is 4.79 Å². The summed E-state index contributed by atoms with van der Waals surface area (Å²) >= 11 is 2.05. The molecule has 5 nitrogen and oxygen atoms in total. The normalized spacial score (nSPS) is 24.2. The summed E-state index contributed by atoms with van der Waals surface area (Å²) < 4.78 is 5.25. The van der Waals surface area contributed by atoms with E-state index in [0.717, 1.165) is 31.5 Å². The van der Waals surface area contributed by atoms with Gasteiger partial charge in [-0.05, 0) is 18.4 Å². The van der Waals surface area contributed by atoms with Crippen molar-refractivity contribution in [2.24, 2.45) is 0 Å². The van der Waals surface area contributed by atoms with Crippen LogP contribution in [0.15, 0.2) is 30.3 Å². The first-order valence-electron chi connectivity index (χ1n) is 8.80. The van der Waals surface area contributed by atoms with Gasteiger partial charge in [-0.15, -0.1) is 0 Å². The number of nitrogens with one attached hydrogen (secondary N) is 2. The van der Waals surface area contributed by atoms with Crippen LogP contribution in [0.25, 0.3) is 0 Å². The van der Waals surface area contributed by atoms with Gasteiger partial charge in [-0.2, -0.15) is 11.8 Å². The van der Waals surface area contributed by atoms with Gasteiger partial charge < -0.3 is 20.3 Å². The van der Waals surface area contributed by atoms with E-state index in [1.54, 1.807) is 0 Å². The average Bonchev–Trinajstić information content (AvgIpc) is 2.59. The van der Waals surface area contributed by atoms with Gasteiger partial charge in [0, 0.05) is 49.8 Å². The van der Waals surface area contributed by atoms with E-state index in [2.05, 4.69) is 15.5 Å². The molecule has 132 valence electrons. The van der Waals surface area contributed by atoms with Crippen LogP contribution in [0.3, 0.4) is 0 Å². The molecule has 1 amide bonds. The van der Waals surface area contributed by atoms with Gasteiger partial charge >= 0.3 is 6.09 Å². The number of amides is 1. The molecule has 0 radical (unpaired) electrons. The molecule has 2 N–H and O–H groups in total. The lowest BCUT2D eigenvalue weighted by molar-refractivity contribution is 0.125. The van der Waals surface area contributed by atoms with E-state index in [1.165, 1.54) is 24.6 Å². The summed E-state index contributed by atoms with van der Waals surface area (Å²) in [5.41, 5.74) is 1.01. The molecule has 1 saturated carbocycles. The fourth-order valence-corrected chi connectivity index (χ4v) is 4.06. The molecule has 2 aliphatic rings. The minimum Gasteiger partial charge on any atom is -0.445 e. The summed E-state index contributed by atoms with van der Waals surface area (Å²) in [6, 6.07) is 10.5. The Bertz CT molecular complexity index is 502. The molecule has 6 heteroatoms. The predicted molar refractivity (Wildman–Crippen MR) is 98.3 cm³/mol. The molecule has 24 heavy (non-hydrogen) atoms. The summed E-state index contributed by atoms with van der Waals surface area (Å²) in [5.74, 6) is 2.53. The van der Waals surface area contributed by atoms with Crippen molar-refractivity contribution in [3.8, 4) is 0 Å². The Kier molecular flexibility index (Phi) is 6.81. The van der Waals surface area contributed by atoms with Crippen LogP contribution < -0.4 is 10.6 Å². The molecule has 1 aromatic carbocycles. The van der Waals surface area contributed by atoms with Crippen LogP contribution in [0.5, 0.6) is 0 Å². The molecule has 0 bridgehead atoms. The summed E-state index contributed by atoms with van der Waals surface area (Å²) in [7, 11) is 0. The summed E-state index contributed by atoms with van der Waals surface area (Å²) in [6.07, 6.45) is 1.68. The summed E-state index contributed by atoms with van der Waals surface area (Å²) in [6.45, 7) is 4.94. The van der Waals surface area contributed by atoms with Gasteiger partial charge in [0.2, 0.25) is 0 Å². The molecule has 1 aromatic rings. The molecule has 2 fully saturated rings. The van der Waals surface area contributed by atoms with E-state index >= 15 is 0 Å². The third-order valence-electron chi connectivity index (χ3n) is 4.64. The van der Waals surface area contributed by atoms with Crippen molar-refractivity contribution in [3.63, 3.8) is 0 Å². The van der Waals surface area contributed by atoms with Gasteiger partial charge in [-0.3, -0.25) is 0 Å². The number of alkyl carbamates (subject to hydrolysis) is 1. The van der Waals surface area contributed by atoms with Gasteiger partial charge in [0.25, 0.3) is 0 Å². The SMILES string of the molecule is O=C(NC1CC(NCCN2CCSCC2)C1)OCc1ccccc1. The first-order chi connectivity index (χ1) is 11.8. The highest BCUT2D eigenvalue weighted by molar-refractivity contribution is 7.99. The maximum absolute atomic E-state index is 11.8. The Morgan fingerprint density at radius 1 is 1.17 bits per heavy atom. The number of carbonyl (C=O) groups is 1. The number of carbonyl (C=O) groups excluding carboxylic acids is 1. The van der Waals surface area contributed by atoms with Crippen molar-refractivity contribution in [2.75, 3.05) is 37.7 Å². The summed E-state index contributed by atoms with van der Waals surface area (Å²) in [4.78, 5) is 14.3. The maximum atomic E-state index is 11.8. The lowest BCUT2D eigenvalue weighted by atomic mass is 9.87. The number of nitrogens with zero attached hydrogens (tertiary/aromatic N) is 1. The first kappa shape index (κ1) is 17.6. The van der Waals surface area contributed by atoms with Gasteiger partial charge in [0.1, 0.15) is 6.61 Å². The minimum absolute atomic E-state index is 0.247. The molecule has 0 aromatic heterocycles. The third-order valence-corrected chi connectivity index (χ3v) is 5.58. The molecule has 0 atom stereocenters. The van der Waals surface area contributed by atoms with Crippen molar-refractivity contribution in [1.29, 1.82) is 0 Å². The highest BCUT2D eigenvalue weighted by Crippen LogP contribution is 2.20. The lowest BCUT2D eigenvalue weighted by Gasteiger charge is -2.37. The molecule has 3 rings (SSSR count). The Balaban J connectivity index is 1.22. The maximum Gasteiger partial charge on any atom is 0.407 e. The monoisotopic (exact) mass is 349 g/mol. The van der Waals surface area contributed by atoms with E-state index in [1.807, 2.05) is 42.1 Å². The highest BCUT2D eigenvalue weighted by Gasteiger charge is 2.30. The van der Waals surface area contributed by atoms with Gasteiger partial charge in [0.15, 0.2) is 0 Å². The van der Waals surface area contributed by atoms with Crippen molar-refractivity contribution in [1.82, 2.24) is 15.5 Å². The molecule has 1 aliphatic heterocycles. The van der Waals surface area contributed by atoms with Crippen molar-refractivity contribution in [3.05, 3.63) is 35.9 Å². The van der Waals surface area contributed by atoms with Crippen LogP contribution in [-0.4, -0.2) is 60.8 Å². The predicted octanol–water partition coefficient (Wildman–Crippen LogP) is 2.08. The molecule has 1 heterocycles. The Morgan fingerprint density at radius 2 is 1.92 bits per heavy atom. The van der Waals surface area contributed by atoms with Crippen molar-refractivity contribution >= 4 is 17.9 Å². The van der Waals surface area contributed by atoms with Crippen molar-refractivity contribution in [2.45, 2.75) is 31.5 Å². The Morgan fingerprint density at radius 3 is 2.67 bits per heavy atom. The zero-order valence-electron chi connectivity index (χ0n) is 14.1. The fourth-order valence-electron chi connectivity index (χ4n) is 3.09. The third kappa shape index (κ3) is 5.69. The first-order valence-corrected chi connectivity index (χ1v) is 9.96. The molecule has 0 unspecified atom stereocenters. The molecule has 1 aliphatic carbocycles. The van der Waals surface area contributed by atoms with Crippen LogP contribution >= 0.6 is 11.8 Å². The van der Waals surface area contributed by atoms with Gasteiger partial charge in [0.05, 0.1) is 0 Å². The average molecular weight is 350 g/mol. The zero-order chi connectivity index (χ0) is 16.6. The standard InChI is InChI=1S/C18H27N3O2S/c22-18(23-14-15-4-2-1-3-5-15)20-17-12-16(13-17)19-6-7-21-8-10-24-11-9-21/h1-5,16-17,19H,6-14H2,(H,20,22). The Labute approximate surface area is 148 Å². The summed E-state index contributed by atoms with van der Waals surface area (Å²) in [5, 5.41) is 6.53. The van der Waals surface area contributed by atoms with E-state index in [9.17, 15) is 4.79 Å². The second kappa shape index (κ2) is 9.30. The minimum atomic E-state index is -0.312. The van der Waals surface area contributed by atoms with Crippen LogP contribution in [-0.2, 0) is 11.3 Å². The van der Waals surface area contributed by atoms with Crippen molar-refractivity contribution < 1.29 is 9.53 Å².